The first-order valence-corrected chi connectivity index (χ1v) is 6.38. The van der Waals surface area contributed by atoms with Gasteiger partial charge in [0.1, 0.15) is 0 Å². The van der Waals surface area contributed by atoms with E-state index >= 15 is 0 Å². The van der Waals surface area contributed by atoms with Gasteiger partial charge in [0, 0.05) is 25.4 Å². The van der Waals surface area contributed by atoms with Crippen LogP contribution in [0.5, 0.6) is 0 Å². The summed E-state index contributed by atoms with van der Waals surface area (Å²) >= 11 is 1.63. The quantitative estimate of drug-likeness (QED) is 0.767. The first-order chi connectivity index (χ1) is 7.34. The van der Waals surface area contributed by atoms with E-state index in [0.717, 1.165) is 43.5 Å². The third-order valence-corrected chi connectivity index (χ3v) is 3.54. The fraction of sp³-hybridized carbons (Fsp3) is 0.800. The average molecular weight is 228 g/mol. The highest BCUT2D eigenvalue weighted by Gasteiger charge is 2.18. The minimum atomic E-state index is 0.107. The molecule has 0 saturated carbocycles. The van der Waals surface area contributed by atoms with E-state index in [1.54, 1.807) is 11.8 Å². The molecule has 0 unspecified atom stereocenters. The molecule has 1 N–H and O–H groups in total. The van der Waals surface area contributed by atoms with E-state index in [2.05, 4.69) is 10.3 Å². The zero-order valence-electron chi connectivity index (χ0n) is 8.70. The number of carbonyl (C=O) groups is 1. The van der Waals surface area contributed by atoms with Crippen LogP contribution in [-0.4, -0.2) is 36.6 Å². The predicted molar refractivity (Wildman–Crippen MR) is 61.1 cm³/mol. The van der Waals surface area contributed by atoms with E-state index < -0.39 is 0 Å². The third-order valence-electron chi connectivity index (χ3n) is 2.65. The van der Waals surface area contributed by atoms with Crippen molar-refractivity contribution in [3.63, 3.8) is 0 Å². The van der Waals surface area contributed by atoms with Gasteiger partial charge in [-0.15, -0.1) is 0 Å². The Morgan fingerprint density at radius 3 is 3.00 bits per heavy atom. The second-order valence-electron chi connectivity index (χ2n) is 3.84. The zero-order chi connectivity index (χ0) is 10.5. The highest BCUT2D eigenvalue weighted by atomic mass is 32.2. The van der Waals surface area contributed by atoms with E-state index in [0.29, 0.717) is 12.3 Å². The number of nitrogens with one attached hydrogen (secondary N) is 1. The molecular weight excluding hydrogens is 212 g/mol. The minimum absolute atomic E-state index is 0.107. The highest BCUT2D eigenvalue weighted by molar-refractivity contribution is 8.14. The molecule has 0 aromatic heterocycles. The molecule has 84 valence electrons. The van der Waals surface area contributed by atoms with E-state index in [9.17, 15) is 4.79 Å². The summed E-state index contributed by atoms with van der Waals surface area (Å²) in [5.41, 5.74) is 0. The largest absolute Gasteiger partial charge is 0.381 e. The van der Waals surface area contributed by atoms with Crippen molar-refractivity contribution >= 4 is 22.8 Å². The van der Waals surface area contributed by atoms with Gasteiger partial charge >= 0.3 is 0 Å². The Hall–Kier alpha value is -0.550. The fourth-order valence-corrected chi connectivity index (χ4v) is 2.54. The maximum atomic E-state index is 11.6. The lowest BCUT2D eigenvalue weighted by molar-refractivity contribution is -0.121. The molecule has 0 radical (unpaired) electrons. The molecule has 2 aliphatic heterocycles. The monoisotopic (exact) mass is 228 g/mol. The van der Waals surface area contributed by atoms with Crippen molar-refractivity contribution in [2.24, 2.45) is 10.9 Å². The summed E-state index contributed by atoms with van der Waals surface area (Å²) in [5, 5.41) is 3.66. The fourth-order valence-electron chi connectivity index (χ4n) is 1.79. The second-order valence-corrected chi connectivity index (χ2v) is 4.93. The minimum Gasteiger partial charge on any atom is -0.381 e. The van der Waals surface area contributed by atoms with Gasteiger partial charge in [-0.3, -0.25) is 9.79 Å². The zero-order valence-corrected chi connectivity index (χ0v) is 9.52. The Labute approximate surface area is 93.9 Å². The molecule has 2 aliphatic rings. The molecule has 0 atom stereocenters. The molecule has 1 fully saturated rings. The maximum absolute atomic E-state index is 11.6. The summed E-state index contributed by atoms with van der Waals surface area (Å²) in [6.45, 7) is 2.43. The molecule has 0 aliphatic carbocycles. The van der Waals surface area contributed by atoms with Gasteiger partial charge in [-0.25, -0.2) is 0 Å². The molecule has 2 heterocycles. The van der Waals surface area contributed by atoms with Crippen molar-refractivity contribution in [1.29, 1.82) is 0 Å². The van der Waals surface area contributed by atoms with Crippen LogP contribution in [0.1, 0.15) is 19.3 Å². The molecule has 0 bridgehead atoms. The normalized spacial score (nSPS) is 22.5. The Morgan fingerprint density at radius 2 is 2.33 bits per heavy atom. The maximum Gasteiger partial charge on any atom is 0.226 e. The summed E-state index contributed by atoms with van der Waals surface area (Å²) in [6, 6.07) is 0. The van der Waals surface area contributed by atoms with Gasteiger partial charge in [0.25, 0.3) is 0 Å². The van der Waals surface area contributed by atoms with Crippen LogP contribution >= 0.6 is 11.8 Å². The SMILES string of the molecule is O=C(CC1CCOCC1)NC1=NCCS1. The number of rotatable bonds is 2. The number of hydrogen-bond donors (Lipinski definition) is 1. The summed E-state index contributed by atoms with van der Waals surface area (Å²) in [6.07, 6.45) is 2.63. The number of thioether (sulfide) groups is 1. The first kappa shape index (κ1) is 11.0. The highest BCUT2D eigenvalue weighted by Crippen LogP contribution is 2.18. The van der Waals surface area contributed by atoms with Gasteiger partial charge in [0.15, 0.2) is 5.17 Å². The number of aliphatic imine (C=N–C) groups is 1. The molecule has 15 heavy (non-hydrogen) atoms. The van der Waals surface area contributed by atoms with E-state index in [-0.39, 0.29) is 5.91 Å². The Kier molecular flexibility index (Phi) is 4.02. The van der Waals surface area contributed by atoms with E-state index in [1.807, 2.05) is 0 Å². The Bertz CT molecular complexity index is 262. The Balaban J connectivity index is 1.71. The van der Waals surface area contributed by atoms with Gasteiger partial charge in [0.2, 0.25) is 5.91 Å². The average Bonchev–Trinajstić information content (AvgIpc) is 2.71. The predicted octanol–water partition coefficient (Wildman–Crippen LogP) is 1.02. The van der Waals surface area contributed by atoms with Crippen LogP contribution in [0.15, 0.2) is 4.99 Å². The third kappa shape index (κ3) is 3.50. The molecule has 5 heteroatoms. The molecule has 0 aromatic carbocycles. The lowest BCUT2D eigenvalue weighted by atomic mass is 9.96. The lowest BCUT2D eigenvalue weighted by Crippen LogP contribution is -2.30. The lowest BCUT2D eigenvalue weighted by Gasteiger charge is -2.21. The number of nitrogens with zero attached hydrogens (tertiary/aromatic N) is 1. The summed E-state index contributed by atoms with van der Waals surface area (Å²) < 4.78 is 5.26. The summed E-state index contributed by atoms with van der Waals surface area (Å²) in [7, 11) is 0. The number of ether oxygens (including phenoxy) is 1. The number of carbonyl (C=O) groups excluding carboxylic acids is 1. The molecular formula is C10H16N2O2S. The van der Waals surface area contributed by atoms with E-state index in [4.69, 9.17) is 4.74 Å². The van der Waals surface area contributed by atoms with Crippen LogP contribution in [0.3, 0.4) is 0 Å². The molecule has 0 spiro atoms. The first-order valence-electron chi connectivity index (χ1n) is 5.39. The van der Waals surface area contributed by atoms with Crippen LogP contribution in [-0.2, 0) is 9.53 Å². The van der Waals surface area contributed by atoms with Gasteiger partial charge in [-0.2, -0.15) is 0 Å². The van der Waals surface area contributed by atoms with Crippen LogP contribution < -0.4 is 5.32 Å². The summed E-state index contributed by atoms with van der Waals surface area (Å²) in [5.74, 6) is 1.59. The molecule has 1 saturated heterocycles. The second kappa shape index (κ2) is 5.51. The van der Waals surface area contributed by atoms with E-state index in [1.165, 1.54) is 0 Å². The van der Waals surface area contributed by atoms with Gasteiger partial charge in [-0.1, -0.05) is 11.8 Å². The molecule has 2 rings (SSSR count). The van der Waals surface area contributed by atoms with Crippen molar-refractivity contribution < 1.29 is 9.53 Å². The standard InChI is InChI=1S/C10H16N2O2S/c13-9(12-10-11-3-6-15-10)7-8-1-4-14-5-2-8/h8H,1-7H2,(H,11,12,13). The van der Waals surface area contributed by atoms with Crippen LogP contribution in [0.4, 0.5) is 0 Å². The van der Waals surface area contributed by atoms with Crippen LogP contribution in [0.25, 0.3) is 0 Å². The van der Waals surface area contributed by atoms with Crippen molar-refractivity contribution in [1.82, 2.24) is 5.32 Å². The van der Waals surface area contributed by atoms with Crippen LogP contribution in [0, 0.1) is 5.92 Å². The number of amides is 1. The Morgan fingerprint density at radius 1 is 1.53 bits per heavy atom. The van der Waals surface area contributed by atoms with Crippen molar-refractivity contribution in [3.05, 3.63) is 0 Å². The number of hydrogen-bond acceptors (Lipinski definition) is 4. The van der Waals surface area contributed by atoms with Gasteiger partial charge in [-0.05, 0) is 18.8 Å². The van der Waals surface area contributed by atoms with Crippen molar-refractivity contribution in [2.45, 2.75) is 19.3 Å². The number of amidine groups is 1. The van der Waals surface area contributed by atoms with Crippen LogP contribution in [0.2, 0.25) is 0 Å². The molecule has 1 amide bonds. The topological polar surface area (TPSA) is 50.7 Å². The van der Waals surface area contributed by atoms with Gasteiger partial charge in [0.05, 0.1) is 6.54 Å². The van der Waals surface area contributed by atoms with Crippen molar-refractivity contribution in [2.75, 3.05) is 25.5 Å². The van der Waals surface area contributed by atoms with Gasteiger partial charge < -0.3 is 10.1 Å². The molecule has 0 aromatic rings. The smallest absolute Gasteiger partial charge is 0.226 e. The van der Waals surface area contributed by atoms with Crippen molar-refractivity contribution in [3.8, 4) is 0 Å². The molecule has 4 nitrogen and oxygen atoms in total. The summed E-state index contributed by atoms with van der Waals surface area (Å²) in [4.78, 5) is 15.8.